The van der Waals surface area contributed by atoms with Crippen LogP contribution in [0.1, 0.15) is 65.7 Å². The van der Waals surface area contributed by atoms with Crippen molar-refractivity contribution in [3.63, 3.8) is 0 Å². The molecule has 0 aliphatic heterocycles. The van der Waals surface area contributed by atoms with Crippen LogP contribution in [0, 0.1) is 5.41 Å². The Labute approximate surface area is 112 Å². The lowest BCUT2D eigenvalue weighted by Crippen LogP contribution is -2.50. The van der Waals surface area contributed by atoms with Gasteiger partial charge in [0.2, 0.25) is 5.91 Å². The van der Waals surface area contributed by atoms with E-state index in [1.807, 2.05) is 0 Å². The Bertz CT molecular complexity index is 255. The largest absolute Gasteiger partial charge is 0.338 e. The first-order chi connectivity index (χ1) is 8.59. The second-order valence-electron chi connectivity index (χ2n) is 5.88. The summed E-state index contributed by atoms with van der Waals surface area (Å²) in [7, 11) is 0. The van der Waals surface area contributed by atoms with Gasteiger partial charge in [0, 0.05) is 24.5 Å². The summed E-state index contributed by atoms with van der Waals surface area (Å²) in [5.74, 6) is 0.348. The third kappa shape index (κ3) is 3.47. The zero-order valence-corrected chi connectivity index (χ0v) is 12.4. The first-order valence-corrected chi connectivity index (χ1v) is 7.60. The molecule has 0 aromatic carbocycles. The van der Waals surface area contributed by atoms with Gasteiger partial charge in [-0.3, -0.25) is 4.79 Å². The molecule has 1 amide bonds. The summed E-state index contributed by atoms with van der Waals surface area (Å²) >= 11 is 0. The number of nitrogens with zero attached hydrogens (tertiary/aromatic N) is 1. The minimum absolute atomic E-state index is 0.129. The van der Waals surface area contributed by atoms with Crippen molar-refractivity contribution in [1.82, 2.24) is 4.90 Å². The molecule has 3 heteroatoms. The van der Waals surface area contributed by atoms with E-state index in [1.165, 1.54) is 19.3 Å². The molecule has 0 spiro atoms. The quantitative estimate of drug-likeness (QED) is 0.792. The molecule has 0 saturated heterocycles. The second-order valence-corrected chi connectivity index (χ2v) is 5.88. The van der Waals surface area contributed by atoms with Crippen LogP contribution >= 0.6 is 0 Å². The van der Waals surface area contributed by atoms with E-state index in [1.54, 1.807) is 0 Å². The Morgan fingerprint density at radius 1 is 1.22 bits per heavy atom. The van der Waals surface area contributed by atoms with Gasteiger partial charge in [-0.15, -0.1) is 0 Å². The van der Waals surface area contributed by atoms with Crippen LogP contribution in [0.25, 0.3) is 0 Å². The molecular formula is C15H30N2O. The van der Waals surface area contributed by atoms with Crippen LogP contribution in [0.4, 0.5) is 0 Å². The van der Waals surface area contributed by atoms with Gasteiger partial charge in [0.05, 0.1) is 0 Å². The van der Waals surface area contributed by atoms with Gasteiger partial charge in [-0.25, -0.2) is 0 Å². The highest BCUT2D eigenvalue weighted by Crippen LogP contribution is 2.38. The first kappa shape index (κ1) is 15.5. The molecule has 1 aliphatic carbocycles. The van der Waals surface area contributed by atoms with Gasteiger partial charge in [0.25, 0.3) is 0 Å². The van der Waals surface area contributed by atoms with Gasteiger partial charge < -0.3 is 10.6 Å². The molecule has 0 radical (unpaired) electrons. The molecule has 1 fully saturated rings. The topological polar surface area (TPSA) is 46.3 Å². The third-order valence-electron chi connectivity index (χ3n) is 4.49. The highest BCUT2D eigenvalue weighted by molar-refractivity contribution is 5.82. The molecule has 106 valence electrons. The Morgan fingerprint density at radius 2 is 1.78 bits per heavy atom. The fourth-order valence-electron chi connectivity index (χ4n) is 3.21. The van der Waals surface area contributed by atoms with Crippen LogP contribution in [0.2, 0.25) is 0 Å². The number of hydrogen-bond donors (Lipinski definition) is 1. The number of hydrogen-bond acceptors (Lipinski definition) is 2. The lowest BCUT2D eigenvalue weighted by atomic mass is 9.74. The second kappa shape index (κ2) is 7.13. The maximum Gasteiger partial charge on any atom is 0.228 e. The van der Waals surface area contributed by atoms with E-state index in [4.69, 9.17) is 5.73 Å². The van der Waals surface area contributed by atoms with Crippen molar-refractivity contribution < 1.29 is 4.79 Å². The number of carbonyl (C=O) groups excluding carboxylic acids is 1. The fraction of sp³-hybridized carbons (Fsp3) is 0.933. The summed E-state index contributed by atoms with van der Waals surface area (Å²) in [5.41, 5.74) is 5.56. The smallest absolute Gasteiger partial charge is 0.228 e. The molecule has 0 atom stereocenters. The minimum Gasteiger partial charge on any atom is -0.338 e. The van der Waals surface area contributed by atoms with Gasteiger partial charge in [0.1, 0.15) is 0 Å². The van der Waals surface area contributed by atoms with Crippen molar-refractivity contribution in [3.05, 3.63) is 0 Å². The standard InChI is InChI=1S/C15H30N2O/c1-4-13(5-2)17(12-11-16)14(18)15(3)9-7-6-8-10-15/h13H,4-12,16H2,1-3H3. The maximum absolute atomic E-state index is 12.8. The highest BCUT2D eigenvalue weighted by Gasteiger charge is 2.38. The van der Waals surface area contributed by atoms with E-state index in [2.05, 4.69) is 25.7 Å². The van der Waals surface area contributed by atoms with E-state index in [0.717, 1.165) is 25.7 Å². The number of carbonyl (C=O) groups is 1. The highest BCUT2D eigenvalue weighted by atomic mass is 16.2. The Kier molecular flexibility index (Phi) is 6.13. The molecule has 0 unspecified atom stereocenters. The van der Waals surface area contributed by atoms with Crippen LogP contribution in [0.3, 0.4) is 0 Å². The molecule has 18 heavy (non-hydrogen) atoms. The van der Waals surface area contributed by atoms with Crippen LogP contribution in [-0.2, 0) is 4.79 Å². The molecule has 3 nitrogen and oxygen atoms in total. The van der Waals surface area contributed by atoms with Gasteiger partial charge >= 0.3 is 0 Å². The van der Waals surface area contributed by atoms with Crippen molar-refractivity contribution in [2.75, 3.05) is 13.1 Å². The van der Waals surface area contributed by atoms with Crippen molar-refractivity contribution in [1.29, 1.82) is 0 Å². The maximum atomic E-state index is 12.8. The molecule has 2 N–H and O–H groups in total. The van der Waals surface area contributed by atoms with E-state index in [-0.39, 0.29) is 5.41 Å². The van der Waals surface area contributed by atoms with E-state index < -0.39 is 0 Å². The van der Waals surface area contributed by atoms with Crippen molar-refractivity contribution >= 4 is 5.91 Å². The molecule has 0 aromatic heterocycles. The first-order valence-electron chi connectivity index (χ1n) is 7.60. The van der Waals surface area contributed by atoms with Gasteiger partial charge in [-0.05, 0) is 25.7 Å². The van der Waals surface area contributed by atoms with Gasteiger partial charge in [0.15, 0.2) is 0 Å². The molecular weight excluding hydrogens is 224 g/mol. The lowest BCUT2D eigenvalue weighted by Gasteiger charge is -2.40. The number of rotatable bonds is 6. The Balaban J connectivity index is 2.80. The molecule has 0 bridgehead atoms. The van der Waals surface area contributed by atoms with Gasteiger partial charge in [-0.1, -0.05) is 40.0 Å². The molecule has 1 rings (SSSR count). The van der Waals surface area contributed by atoms with Gasteiger partial charge in [-0.2, -0.15) is 0 Å². The SMILES string of the molecule is CCC(CC)N(CCN)C(=O)C1(C)CCCCC1. The van der Waals surface area contributed by atoms with Crippen LogP contribution in [0.15, 0.2) is 0 Å². The van der Waals surface area contributed by atoms with Crippen LogP contribution in [0.5, 0.6) is 0 Å². The van der Waals surface area contributed by atoms with E-state index in [0.29, 0.717) is 25.0 Å². The number of amides is 1. The monoisotopic (exact) mass is 254 g/mol. The Hall–Kier alpha value is -0.570. The van der Waals surface area contributed by atoms with Crippen LogP contribution in [-0.4, -0.2) is 29.9 Å². The summed E-state index contributed by atoms with van der Waals surface area (Å²) in [6.45, 7) is 7.75. The van der Waals surface area contributed by atoms with Crippen molar-refractivity contribution in [2.45, 2.75) is 71.8 Å². The summed E-state index contributed by atoms with van der Waals surface area (Å²) in [6.07, 6.45) is 7.82. The average molecular weight is 254 g/mol. The number of nitrogens with two attached hydrogens (primary N) is 1. The molecule has 0 aromatic rings. The van der Waals surface area contributed by atoms with E-state index in [9.17, 15) is 4.79 Å². The summed E-state index contributed by atoms with van der Waals surface area (Å²) in [6, 6.07) is 0.361. The van der Waals surface area contributed by atoms with Crippen molar-refractivity contribution in [2.24, 2.45) is 11.1 Å². The minimum atomic E-state index is -0.129. The molecule has 0 heterocycles. The Morgan fingerprint density at radius 3 is 2.22 bits per heavy atom. The predicted octanol–water partition coefficient (Wildman–Crippen LogP) is 2.93. The van der Waals surface area contributed by atoms with E-state index >= 15 is 0 Å². The third-order valence-corrected chi connectivity index (χ3v) is 4.49. The molecule has 1 saturated carbocycles. The van der Waals surface area contributed by atoms with Crippen LogP contribution < -0.4 is 5.73 Å². The normalized spacial score (nSPS) is 18.9. The zero-order valence-electron chi connectivity index (χ0n) is 12.4. The fourth-order valence-corrected chi connectivity index (χ4v) is 3.21. The summed E-state index contributed by atoms with van der Waals surface area (Å²) in [5, 5.41) is 0. The van der Waals surface area contributed by atoms with Crippen molar-refractivity contribution in [3.8, 4) is 0 Å². The summed E-state index contributed by atoms with van der Waals surface area (Å²) in [4.78, 5) is 14.9. The summed E-state index contributed by atoms with van der Waals surface area (Å²) < 4.78 is 0. The predicted molar refractivity (Wildman–Crippen MR) is 76.3 cm³/mol. The molecule has 1 aliphatic rings. The lowest BCUT2D eigenvalue weighted by molar-refractivity contribution is -0.145. The average Bonchev–Trinajstić information content (AvgIpc) is 2.39. The zero-order chi connectivity index (χ0) is 13.6.